The van der Waals surface area contributed by atoms with Crippen LogP contribution >= 0.6 is 0 Å². The summed E-state index contributed by atoms with van der Waals surface area (Å²) in [7, 11) is 0. The van der Waals surface area contributed by atoms with Crippen LogP contribution in [0.15, 0.2) is 91.5 Å². The average molecular weight is 901 g/mol. The lowest BCUT2D eigenvalue weighted by atomic mass is 9.99. The number of ether oxygens (including phenoxy) is 4. The molecule has 0 bridgehead atoms. The molecule has 0 radical (unpaired) electrons. The van der Waals surface area contributed by atoms with Crippen molar-refractivity contribution in [2.24, 2.45) is 0 Å². The average Bonchev–Trinajstić information content (AvgIpc) is 3.91. The molecule has 18 nitrogen and oxygen atoms in total. The van der Waals surface area contributed by atoms with Gasteiger partial charge in [-0.1, -0.05) is 54.6 Å². The molecule has 8 rings (SSSR count). The number of aromatic nitrogens is 3. The van der Waals surface area contributed by atoms with Gasteiger partial charge in [-0.15, -0.1) is 0 Å². The Morgan fingerprint density at radius 1 is 0.667 bits per heavy atom. The predicted octanol–water partition coefficient (Wildman–Crippen LogP) is 3.41. The number of benzene rings is 3. The molecule has 3 aliphatic heterocycles. The summed E-state index contributed by atoms with van der Waals surface area (Å²) in [6, 6.07) is 20.3. The lowest BCUT2D eigenvalue weighted by Crippen LogP contribution is -2.54. The maximum Gasteiger partial charge on any atom is 0.264 e. The number of nitrogens with one attached hydrogen (secondary N) is 2. The molecule has 2 aromatic heterocycles. The number of hydrogen-bond acceptors (Lipinski definition) is 13. The van der Waals surface area contributed by atoms with E-state index in [0.29, 0.717) is 84.7 Å². The molecule has 66 heavy (non-hydrogen) atoms. The minimum absolute atomic E-state index is 0.0117. The molecule has 5 aromatic rings. The zero-order valence-electron chi connectivity index (χ0n) is 36.5. The van der Waals surface area contributed by atoms with Gasteiger partial charge in [0.15, 0.2) is 0 Å². The minimum Gasteiger partial charge on any atom is -0.382 e. The molecule has 1 atom stereocenters. The van der Waals surface area contributed by atoms with Crippen molar-refractivity contribution >= 4 is 51.9 Å². The van der Waals surface area contributed by atoms with E-state index in [1.54, 1.807) is 38.9 Å². The summed E-state index contributed by atoms with van der Waals surface area (Å²) in [6.45, 7) is 5.06. The van der Waals surface area contributed by atoms with Crippen LogP contribution in [-0.4, -0.2) is 157 Å². The Balaban J connectivity index is 0.629. The van der Waals surface area contributed by atoms with Gasteiger partial charge in [0.1, 0.15) is 12.6 Å². The van der Waals surface area contributed by atoms with Gasteiger partial charge in [-0.05, 0) is 35.1 Å². The number of hydrogen-bond donors (Lipinski definition) is 2. The highest BCUT2D eigenvalue weighted by Crippen LogP contribution is 2.33. The standard InChI is InChI=1S/C48H52N8O10/c57-42-13-12-41(46(60)52-42)56-47(61)38-6-3-7-40(45(38)48(56)62)50-15-21-64-23-25-66-27-26-65-24-22-63-20-14-43(58)53-16-18-54(19-17-53)44(59)32-55-31-36(29-51-55)33-8-10-34(11-9-33)39-30-49-28-35-4-1-2-5-37(35)39/h1-11,28-31,41,50H,12-27,32H2,(H,52,57,60). The monoisotopic (exact) mass is 900 g/mol. The Labute approximate surface area is 381 Å². The van der Waals surface area contributed by atoms with Crippen LogP contribution in [0.4, 0.5) is 5.69 Å². The summed E-state index contributed by atoms with van der Waals surface area (Å²) < 4.78 is 24.0. The zero-order chi connectivity index (χ0) is 45.8. The second-order valence-corrected chi connectivity index (χ2v) is 16.0. The minimum atomic E-state index is -1.03. The number of nitrogens with zero attached hydrogens (tertiary/aromatic N) is 6. The Bertz CT molecular complexity index is 2550. The van der Waals surface area contributed by atoms with Crippen LogP contribution < -0.4 is 10.6 Å². The molecule has 2 fully saturated rings. The highest BCUT2D eigenvalue weighted by Gasteiger charge is 2.45. The lowest BCUT2D eigenvalue weighted by Gasteiger charge is -2.34. The van der Waals surface area contributed by atoms with E-state index in [-0.39, 0.29) is 55.4 Å². The number of piperazine rings is 1. The van der Waals surface area contributed by atoms with Gasteiger partial charge in [-0.25, -0.2) is 0 Å². The molecule has 5 heterocycles. The van der Waals surface area contributed by atoms with Gasteiger partial charge in [0.05, 0.1) is 76.6 Å². The third-order valence-corrected chi connectivity index (χ3v) is 11.7. The van der Waals surface area contributed by atoms with Crippen molar-refractivity contribution in [2.75, 3.05) is 90.9 Å². The topological polar surface area (TPSA) is 204 Å². The predicted molar refractivity (Wildman–Crippen MR) is 241 cm³/mol. The van der Waals surface area contributed by atoms with Gasteiger partial charge in [-0.2, -0.15) is 5.10 Å². The third kappa shape index (κ3) is 11.0. The first kappa shape index (κ1) is 45.7. The molecular formula is C48H52N8O10. The lowest BCUT2D eigenvalue weighted by molar-refractivity contribution is -0.140. The summed E-state index contributed by atoms with van der Waals surface area (Å²) in [5.74, 6) is -2.26. The van der Waals surface area contributed by atoms with Crippen LogP contribution in [-0.2, 0) is 44.7 Å². The van der Waals surface area contributed by atoms with Crippen molar-refractivity contribution in [3.8, 4) is 22.3 Å². The molecule has 18 heteroatoms. The van der Waals surface area contributed by atoms with Gasteiger partial charge in [-0.3, -0.25) is 48.6 Å². The molecule has 1 unspecified atom stereocenters. The molecule has 6 amide bonds. The molecule has 3 aliphatic rings. The largest absolute Gasteiger partial charge is 0.382 e. The SMILES string of the molecule is O=C1CCC(N2C(=O)c3cccc(NCCOCCOCCOCCOCCC(=O)N4CCN(C(=O)Cn5cc(-c6ccc(-c7cncc8ccccc78)cc6)cn5)CC4)c3C2=O)C(=O)N1. The first-order chi connectivity index (χ1) is 32.2. The van der Waals surface area contributed by atoms with E-state index in [0.717, 1.165) is 37.9 Å². The Morgan fingerprint density at radius 3 is 2.06 bits per heavy atom. The van der Waals surface area contributed by atoms with E-state index in [4.69, 9.17) is 18.9 Å². The highest BCUT2D eigenvalue weighted by molar-refractivity contribution is 6.25. The number of carbonyl (C=O) groups excluding carboxylic acids is 6. The highest BCUT2D eigenvalue weighted by atomic mass is 16.6. The van der Waals surface area contributed by atoms with Crippen LogP contribution in [0.5, 0.6) is 0 Å². The number of anilines is 1. The first-order valence-corrected chi connectivity index (χ1v) is 22.2. The fourth-order valence-corrected chi connectivity index (χ4v) is 8.23. The van der Waals surface area contributed by atoms with Crippen molar-refractivity contribution in [1.29, 1.82) is 0 Å². The zero-order valence-corrected chi connectivity index (χ0v) is 36.5. The van der Waals surface area contributed by atoms with Gasteiger partial charge < -0.3 is 34.1 Å². The number of carbonyl (C=O) groups is 6. The van der Waals surface area contributed by atoms with E-state index in [1.807, 2.05) is 30.7 Å². The van der Waals surface area contributed by atoms with E-state index in [2.05, 4.69) is 57.1 Å². The van der Waals surface area contributed by atoms with E-state index in [9.17, 15) is 28.8 Å². The molecule has 0 spiro atoms. The van der Waals surface area contributed by atoms with Crippen LogP contribution in [0.25, 0.3) is 33.0 Å². The molecule has 0 saturated carbocycles. The number of piperidine rings is 1. The third-order valence-electron chi connectivity index (χ3n) is 11.7. The van der Waals surface area contributed by atoms with Crippen molar-refractivity contribution in [3.63, 3.8) is 0 Å². The fourth-order valence-electron chi connectivity index (χ4n) is 8.23. The van der Waals surface area contributed by atoms with Crippen LogP contribution in [0.1, 0.15) is 40.0 Å². The molecule has 344 valence electrons. The second-order valence-electron chi connectivity index (χ2n) is 16.0. The molecule has 0 aliphatic carbocycles. The Hall–Kier alpha value is -6.86. The van der Waals surface area contributed by atoms with Crippen LogP contribution in [0.3, 0.4) is 0 Å². The van der Waals surface area contributed by atoms with Crippen molar-refractivity contribution in [1.82, 2.24) is 34.8 Å². The smallest absolute Gasteiger partial charge is 0.264 e. The van der Waals surface area contributed by atoms with Gasteiger partial charge >= 0.3 is 0 Å². The molecule has 2 N–H and O–H groups in total. The molecular weight excluding hydrogens is 849 g/mol. The van der Waals surface area contributed by atoms with E-state index < -0.39 is 29.7 Å². The van der Waals surface area contributed by atoms with Gasteiger partial charge in [0.2, 0.25) is 23.6 Å². The quantitative estimate of drug-likeness (QED) is 0.0802. The fraction of sp³-hybridized carbons (Fsp3) is 0.375. The van der Waals surface area contributed by atoms with E-state index in [1.165, 1.54) is 0 Å². The van der Waals surface area contributed by atoms with Crippen molar-refractivity contribution < 1.29 is 47.7 Å². The summed E-state index contributed by atoms with van der Waals surface area (Å²) in [5.41, 5.74) is 4.94. The number of imide groups is 2. The normalized spacial score (nSPS) is 16.2. The van der Waals surface area contributed by atoms with Crippen molar-refractivity contribution in [3.05, 3.63) is 103 Å². The number of amides is 6. The van der Waals surface area contributed by atoms with Gasteiger partial charge in [0, 0.05) is 79.9 Å². The van der Waals surface area contributed by atoms with Gasteiger partial charge in [0.25, 0.3) is 11.8 Å². The summed E-state index contributed by atoms with van der Waals surface area (Å²) in [4.78, 5) is 85.0. The maximum absolute atomic E-state index is 13.2. The number of fused-ring (bicyclic) bond motifs is 2. The molecule has 3 aromatic carbocycles. The van der Waals surface area contributed by atoms with Crippen LogP contribution in [0, 0.1) is 0 Å². The van der Waals surface area contributed by atoms with E-state index >= 15 is 0 Å². The summed E-state index contributed by atoms with van der Waals surface area (Å²) >= 11 is 0. The van der Waals surface area contributed by atoms with Crippen molar-refractivity contribution in [2.45, 2.75) is 31.8 Å². The summed E-state index contributed by atoms with van der Waals surface area (Å²) in [6.07, 6.45) is 7.80. The maximum atomic E-state index is 13.2. The van der Waals surface area contributed by atoms with Crippen LogP contribution in [0.2, 0.25) is 0 Å². The first-order valence-electron chi connectivity index (χ1n) is 22.2. The second kappa shape index (κ2) is 21.9. The molecule has 2 saturated heterocycles. The Kier molecular flexibility index (Phi) is 15.2. The summed E-state index contributed by atoms with van der Waals surface area (Å²) in [5, 5.41) is 12.0. The number of pyridine rings is 1. The Morgan fingerprint density at radius 2 is 1.33 bits per heavy atom. The number of rotatable bonds is 21.